The van der Waals surface area contributed by atoms with Crippen molar-refractivity contribution < 1.29 is 9.21 Å². The molecule has 2 heterocycles. The number of oxazole rings is 1. The summed E-state index contributed by atoms with van der Waals surface area (Å²) in [5.74, 6) is 0.998. The molecule has 4 heteroatoms. The summed E-state index contributed by atoms with van der Waals surface area (Å²) >= 11 is 0. The summed E-state index contributed by atoms with van der Waals surface area (Å²) in [6.07, 6.45) is 2.04. The Kier molecular flexibility index (Phi) is 3.77. The first-order valence-electron chi connectivity index (χ1n) is 7.79. The van der Waals surface area contributed by atoms with Crippen LogP contribution in [0, 0.1) is 5.41 Å². The number of aryl methyl sites for hydroxylation is 1. The molecule has 0 bridgehead atoms. The quantitative estimate of drug-likeness (QED) is 0.871. The summed E-state index contributed by atoms with van der Waals surface area (Å²) in [4.78, 5) is 18.8. The first-order chi connectivity index (χ1) is 10.5. The van der Waals surface area contributed by atoms with E-state index in [0.29, 0.717) is 23.8 Å². The molecular formula is C18H22N2O2. The number of hydrogen-bond acceptors (Lipinski definition) is 3. The van der Waals surface area contributed by atoms with Gasteiger partial charge in [-0.2, -0.15) is 0 Å². The van der Waals surface area contributed by atoms with Crippen LogP contribution in [0.4, 0.5) is 0 Å². The van der Waals surface area contributed by atoms with Crippen LogP contribution in [-0.2, 0) is 6.42 Å². The average Bonchev–Trinajstić information content (AvgIpc) is 3.11. The number of nitrogens with zero attached hydrogens (tertiary/aromatic N) is 2. The highest BCUT2D eigenvalue weighted by Gasteiger charge is 2.42. The van der Waals surface area contributed by atoms with Crippen molar-refractivity contribution in [2.75, 3.05) is 13.1 Å². The van der Waals surface area contributed by atoms with Crippen LogP contribution in [0.2, 0.25) is 0 Å². The van der Waals surface area contributed by atoms with Gasteiger partial charge in [0.15, 0.2) is 12.1 Å². The molecule has 1 atom stereocenters. The molecule has 1 aromatic carbocycles. The van der Waals surface area contributed by atoms with E-state index in [4.69, 9.17) is 4.42 Å². The predicted molar refractivity (Wildman–Crippen MR) is 84.7 cm³/mol. The van der Waals surface area contributed by atoms with Gasteiger partial charge in [-0.3, -0.25) is 4.79 Å². The Balaban J connectivity index is 1.85. The fourth-order valence-electron chi connectivity index (χ4n) is 3.38. The van der Waals surface area contributed by atoms with E-state index in [1.165, 1.54) is 12.0 Å². The summed E-state index contributed by atoms with van der Waals surface area (Å²) < 4.78 is 5.30. The molecule has 4 nitrogen and oxygen atoms in total. The molecule has 1 amide bonds. The third-order valence-electron chi connectivity index (χ3n) is 4.60. The smallest absolute Gasteiger partial charge is 0.276 e. The second-order valence-electron chi connectivity index (χ2n) is 6.62. The monoisotopic (exact) mass is 298 g/mol. The highest BCUT2D eigenvalue weighted by atomic mass is 16.3. The zero-order valence-electron chi connectivity index (χ0n) is 13.4. The van der Waals surface area contributed by atoms with E-state index in [1.54, 1.807) is 0 Å². The van der Waals surface area contributed by atoms with Crippen molar-refractivity contribution in [1.29, 1.82) is 0 Å². The molecule has 1 aromatic heterocycles. The van der Waals surface area contributed by atoms with Crippen molar-refractivity contribution in [2.45, 2.75) is 33.1 Å². The van der Waals surface area contributed by atoms with E-state index in [1.807, 2.05) is 17.9 Å². The Hall–Kier alpha value is -2.10. The van der Waals surface area contributed by atoms with Crippen LogP contribution in [0.25, 0.3) is 0 Å². The predicted octanol–water partition coefficient (Wildman–Crippen LogP) is 3.50. The number of benzene rings is 1. The minimum absolute atomic E-state index is 0.0166. The molecule has 22 heavy (non-hydrogen) atoms. The van der Waals surface area contributed by atoms with E-state index in [-0.39, 0.29) is 11.3 Å². The fourth-order valence-corrected chi connectivity index (χ4v) is 3.38. The molecule has 1 aliphatic rings. The van der Waals surface area contributed by atoms with Gasteiger partial charge >= 0.3 is 0 Å². The summed E-state index contributed by atoms with van der Waals surface area (Å²) in [5.41, 5.74) is 1.80. The molecule has 0 radical (unpaired) electrons. The number of carbonyl (C=O) groups excluding carboxylic acids is 1. The summed E-state index contributed by atoms with van der Waals surface area (Å²) in [7, 11) is 0. The number of aromatic nitrogens is 1. The molecule has 0 aliphatic carbocycles. The van der Waals surface area contributed by atoms with Crippen LogP contribution in [0.15, 0.2) is 41.1 Å². The van der Waals surface area contributed by atoms with E-state index in [9.17, 15) is 4.79 Å². The third kappa shape index (κ3) is 2.54. The number of carbonyl (C=O) groups is 1. The molecule has 1 fully saturated rings. The van der Waals surface area contributed by atoms with Crippen LogP contribution < -0.4 is 0 Å². The highest BCUT2D eigenvalue weighted by molar-refractivity contribution is 5.93. The Morgan fingerprint density at radius 1 is 1.36 bits per heavy atom. The maximum absolute atomic E-state index is 12.8. The van der Waals surface area contributed by atoms with E-state index < -0.39 is 0 Å². The van der Waals surface area contributed by atoms with Gasteiger partial charge in [-0.25, -0.2) is 4.98 Å². The Morgan fingerprint density at radius 2 is 2.09 bits per heavy atom. The van der Waals surface area contributed by atoms with Crippen LogP contribution in [0.3, 0.4) is 0 Å². The Morgan fingerprint density at radius 3 is 2.77 bits per heavy atom. The van der Waals surface area contributed by atoms with Crippen molar-refractivity contribution in [2.24, 2.45) is 5.41 Å². The van der Waals surface area contributed by atoms with Gasteiger partial charge in [0.1, 0.15) is 5.76 Å². The van der Waals surface area contributed by atoms with Crippen molar-refractivity contribution >= 4 is 5.91 Å². The van der Waals surface area contributed by atoms with Gasteiger partial charge in [0.25, 0.3) is 5.91 Å². The maximum atomic E-state index is 12.8. The molecule has 0 saturated carbocycles. The first kappa shape index (κ1) is 14.8. The minimum Gasteiger partial charge on any atom is -0.448 e. The van der Waals surface area contributed by atoms with E-state index in [0.717, 1.165) is 13.1 Å². The van der Waals surface area contributed by atoms with E-state index in [2.05, 4.69) is 43.1 Å². The lowest BCUT2D eigenvalue weighted by molar-refractivity contribution is 0.0770. The molecule has 1 saturated heterocycles. The fraction of sp³-hybridized carbons (Fsp3) is 0.444. The molecule has 0 unspecified atom stereocenters. The Bertz CT molecular complexity index is 661. The lowest BCUT2D eigenvalue weighted by atomic mass is 9.78. The summed E-state index contributed by atoms with van der Waals surface area (Å²) in [5, 5.41) is 0. The number of likely N-dealkylation sites (tertiary alicyclic amines) is 1. The van der Waals surface area contributed by atoms with Crippen molar-refractivity contribution in [3.63, 3.8) is 0 Å². The highest BCUT2D eigenvalue weighted by Crippen LogP contribution is 2.42. The summed E-state index contributed by atoms with van der Waals surface area (Å²) in [6.45, 7) is 7.88. The zero-order chi connectivity index (χ0) is 15.7. The zero-order valence-corrected chi connectivity index (χ0v) is 13.4. The van der Waals surface area contributed by atoms with Gasteiger partial charge in [-0.05, 0) is 11.0 Å². The van der Waals surface area contributed by atoms with Crippen molar-refractivity contribution in [3.05, 3.63) is 53.7 Å². The standard InChI is InChI=1S/C18H22N2O2/c1-4-15-16(19-12-22-15)17(21)20-10-14(18(2,3)11-20)13-8-6-5-7-9-13/h5-9,12,14H,4,10-11H2,1-3H3/t14-/m0/s1. The number of amides is 1. The normalized spacial score (nSPS) is 20.3. The molecule has 3 rings (SSSR count). The molecule has 2 aromatic rings. The van der Waals surface area contributed by atoms with E-state index >= 15 is 0 Å². The van der Waals surface area contributed by atoms with Crippen LogP contribution >= 0.6 is 0 Å². The van der Waals surface area contributed by atoms with Gasteiger partial charge in [0.05, 0.1) is 0 Å². The lowest BCUT2D eigenvalue weighted by Gasteiger charge is -2.25. The number of hydrogen-bond donors (Lipinski definition) is 0. The van der Waals surface area contributed by atoms with Gasteiger partial charge in [-0.15, -0.1) is 0 Å². The topological polar surface area (TPSA) is 46.3 Å². The van der Waals surface area contributed by atoms with Crippen molar-refractivity contribution in [1.82, 2.24) is 9.88 Å². The van der Waals surface area contributed by atoms with Crippen LogP contribution in [0.5, 0.6) is 0 Å². The summed E-state index contributed by atoms with van der Waals surface area (Å²) in [6, 6.07) is 10.4. The van der Waals surface area contributed by atoms with Crippen molar-refractivity contribution in [3.8, 4) is 0 Å². The molecular weight excluding hydrogens is 276 g/mol. The van der Waals surface area contributed by atoms with Gasteiger partial charge in [0, 0.05) is 25.4 Å². The lowest BCUT2D eigenvalue weighted by Crippen LogP contribution is -2.31. The molecule has 116 valence electrons. The number of rotatable bonds is 3. The Labute approximate surface area is 131 Å². The molecule has 1 aliphatic heterocycles. The SMILES string of the molecule is CCc1ocnc1C(=O)N1C[C@@H](c2ccccc2)C(C)(C)C1. The van der Waals surface area contributed by atoms with Gasteiger partial charge in [0.2, 0.25) is 0 Å². The average molecular weight is 298 g/mol. The van der Waals surface area contributed by atoms with Gasteiger partial charge in [-0.1, -0.05) is 51.1 Å². The molecule has 0 N–H and O–H groups in total. The largest absolute Gasteiger partial charge is 0.448 e. The maximum Gasteiger partial charge on any atom is 0.276 e. The van der Waals surface area contributed by atoms with Crippen LogP contribution in [0.1, 0.15) is 48.5 Å². The minimum atomic E-state index is -0.0166. The molecule has 0 spiro atoms. The second-order valence-corrected chi connectivity index (χ2v) is 6.62. The van der Waals surface area contributed by atoms with Gasteiger partial charge < -0.3 is 9.32 Å². The van der Waals surface area contributed by atoms with Crippen LogP contribution in [-0.4, -0.2) is 28.9 Å². The first-order valence-corrected chi connectivity index (χ1v) is 7.79. The second kappa shape index (κ2) is 5.59. The third-order valence-corrected chi connectivity index (χ3v) is 4.60.